The lowest BCUT2D eigenvalue weighted by Gasteiger charge is -2.28. The van der Waals surface area contributed by atoms with Crippen molar-refractivity contribution in [2.75, 3.05) is 30.0 Å². The Kier molecular flexibility index (Phi) is 6.10. The number of ether oxygens (including phenoxy) is 2. The zero-order valence-electron chi connectivity index (χ0n) is 15.0. The van der Waals surface area contributed by atoms with Gasteiger partial charge in [0, 0.05) is 24.7 Å². The third-order valence-corrected chi connectivity index (χ3v) is 4.06. The number of anilines is 2. The molecule has 0 unspecified atom stereocenters. The lowest BCUT2D eigenvalue weighted by Crippen LogP contribution is -2.38. The van der Waals surface area contributed by atoms with Crippen LogP contribution >= 0.6 is 0 Å². The van der Waals surface area contributed by atoms with Crippen molar-refractivity contribution < 1.29 is 19.1 Å². The van der Waals surface area contributed by atoms with Crippen molar-refractivity contribution in [1.29, 1.82) is 0 Å². The topological polar surface area (TPSA) is 67.9 Å². The molecule has 2 amide bonds. The molecular weight excluding hydrogens is 344 g/mol. The molecule has 0 radical (unpaired) electrons. The molecule has 0 saturated carbocycles. The van der Waals surface area contributed by atoms with Crippen molar-refractivity contribution in [3.8, 4) is 11.5 Å². The van der Waals surface area contributed by atoms with Crippen molar-refractivity contribution >= 4 is 23.2 Å². The Morgan fingerprint density at radius 1 is 1.26 bits per heavy atom. The summed E-state index contributed by atoms with van der Waals surface area (Å²) < 4.78 is 11.1. The number of hydrogen-bond donors (Lipinski definition) is 1. The van der Waals surface area contributed by atoms with Crippen molar-refractivity contribution in [2.45, 2.75) is 12.8 Å². The van der Waals surface area contributed by atoms with Gasteiger partial charge in [-0.25, -0.2) is 0 Å². The maximum atomic E-state index is 12.1. The number of carbonyl (C=O) groups is 2. The molecule has 0 atom stereocenters. The molecule has 0 fully saturated rings. The molecule has 6 nitrogen and oxygen atoms in total. The molecule has 1 aliphatic heterocycles. The molecule has 2 aromatic rings. The van der Waals surface area contributed by atoms with Crippen molar-refractivity contribution in [3.63, 3.8) is 0 Å². The molecule has 3 rings (SSSR count). The van der Waals surface area contributed by atoms with Gasteiger partial charge >= 0.3 is 0 Å². The van der Waals surface area contributed by atoms with Gasteiger partial charge < -0.3 is 19.7 Å². The summed E-state index contributed by atoms with van der Waals surface area (Å²) >= 11 is 0. The number of para-hydroxylation sites is 1. The van der Waals surface area contributed by atoms with E-state index in [0.717, 1.165) is 5.75 Å². The molecule has 0 bridgehead atoms. The van der Waals surface area contributed by atoms with E-state index in [4.69, 9.17) is 9.47 Å². The summed E-state index contributed by atoms with van der Waals surface area (Å²) in [7, 11) is 0. The van der Waals surface area contributed by atoms with E-state index in [1.807, 2.05) is 30.3 Å². The highest BCUT2D eigenvalue weighted by atomic mass is 16.5. The predicted octanol–water partition coefficient (Wildman–Crippen LogP) is 3.40. The van der Waals surface area contributed by atoms with Crippen LogP contribution in [0.5, 0.6) is 11.5 Å². The molecule has 1 aliphatic rings. The number of rotatable bonds is 8. The molecule has 140 valence electrons. The van der Waals surface area contributed by atoms with Crippen LogP contribution in [0.25, 0.3) is 0 Å². The number of carbonyl (C=O) groups excluding carboxylic acids is 2. The minimum atomic E-state index is -0.113. The summed E-state index contributed by atoms with van der Waals surface area (Å²) in [5, 5.41) is 2.85. The molecule has 6 heteroatoms. The normalized spacial score (nSPS) is 12.7. The first-order chi connectivity index (χ1) is 13.2. The number of nitrogens with one attached hydrogen (secondary N) is 1. The fourth-order valence-corrected chi connectivity index (χ4v) is 2.77. The largest absolute Gasteiger partial charge is 0.494 e. The first-order valence-corrected chi connectivity index (χ1v) is 8.83. The van der Waals surface area contributed by atoms with Crippen LogP contribution < -0.4 is 19.7 Å². The van der Waals surface area contributed by atoms with Crippen LogP contribution in [0.1, 0.15) is 12.8 Å². The summed E-state index contributed by atoms with van der Waals surface area (Å²) in [4.78, 5) is 25.7. The Hall–Kier alpha value is -3.28. The van der Waals surface area contributed by atoms with Crippen LogP contribution in [0.4, 0.5) is 11.4 Å². The van der Waals surface area contributed by atoms with E-state index < -0.39 is 0 Å². The highest BCUT2D eigenvalue weighted by Gasteiger charge is 2.24. The SMILES string of the molecule is C=CCN1C(=O)COc2cc(NC(=O)CCCOc3ccccc3)ccc21. The second kappa shape index (κ2) is 8.89. The lowest BCUT2D eigenvalue weighted by atomic mass is 10.2. The van der Waals surface area contributed by atoms with E-state index in [0.29, 0.717) is 43.1 Å². The quantitative estimate of drug-likeness (QED) is 0.574. The molecule has 0 aromatic heterocycles. The number of amides is 2. The van der Waals surface area contributed by atoms with Crippen LogP contribution in [0.2, 0.25) is 0 Å². The van der Waals surface area contributed by atoms with Crippen molar-refractivity contribution in [3.05, 3.63) is 61.2 Å². The minimum Gasteiger partial charge on any atom is -0.494 e. The van der Waals surface area contributed by atoms with E-state index in [9.17, 15) is 9.59 Å². The highest BCUT2D eigenvalue weighted by Crippen LogP contribution is 2.34. The summed E-state index contributed by atoms with van der Waals surface area (Å²) in [5.74, 6) is 1.16. The van der Waals surface area contributed by atoms with Gasteiger partial charge in [-0.05, 0) is 30.7 Å². The second-order valence-corrected chi connectivity index (χ2v) is 6.08. The van der Waals surface area contributed by atoms with Crippen molar-refractivity contribution in [2.24, 2.45) is 0 Å². The zero-order valence-corrected chi connectivity index (χ0v) is 15.0. The maximum Gasteiger partial charge on any atom is 0.265 e. The van der Waals surface area contributed by atoms with Crippen LogP contribution in [0, 0.1) is 0 Å². The molecular formula is C21H22N2O4. The molecule has 1 N–H and O–H groups in total. The van der Waals surface area contributed by atoms with Gasteiger partial charge in [0.05, 0.1) is 12.3 Å². The van der Waals surface area contributed by atoms with Gasteiger partial charge in [0.1, 0.15) is 11.5 Å². The highest BCUT2D eigenvalue weighted by molar-refractivity contribution is 5.99. The molecule has 0 saturated heterocycles. The summed E-state index contributed by atoms with van der Waals surface area (Å²) in [5.41, 5.74) is 1.32. The Labute approximate surface area is 158 Å². The van der Waals surface area contributed by atoms with Gasteiger partial charge in [-0.15, -0.1) is 6.58 Å². The summed E-state index contributed by atoms with van der Waals surface area (Å²) in [6.07, 6.45) is 2.63. The van der Waals surface area contributed by atoms with E-state index in [1.165, 1.54) is 0 Å². The second-order valence-electron chi connectivity index (χ2n) is 6.08. The van der Waals surface area contributed by atoms with Gasteiger partial charge in [0.15, 0.2) is 6.61 Å². The first-order valence-electron chi connectivity index (χ1n) is 8.83. The zero-order chi connectivity index (χ0) is 19.1. The van der Waals surface area contributed by atoms with E-state index >= 15 is 0 Å². The summed E-state index contributed by atoms with van der Waals surface area (Å²) in [6.45, 7) is 4.55. The van der Waals surface area contributed by atoms with Crippen LogP contribution in [0.15, 0.2) is 61.2 Å². The fraction of sp³-hybridized carbons (Fsp3) is 0.238. The molecule has 0 aliphatic carbocycles. The fourth-order valence-electron chi connectivity index (χ4n) is 2.77. The maximum absolute atomic E-state index is 12.1. The van der Waals surface area contributed by atoms with Gasteiger partial charge in [0.25, 0.3) is 5.91 Å². The van der Waals surface area contributed by atoms with Gasteiger partial charge in [-0.3, -0.25) is 9.59 Å². The average molecular weight is 366 g/mol. The number of hydrogen-bond acceptors (Lipinski definition) is 4. The standard InChI is InChI=1S/C21H22N2O4/c1-2-12-23-18-11-10-16(14-19(18)27-15-21(23)25)22-20(24)9-6-13-26-17-7-4-3-5-8-17/h2-5,7-8,10-11,14H,1,6,9,12-13,15H2,(H,22,24). The molecule has 27 heavy (non-hydrogen) atoms. The van der Waals surface area contributed by atoms with Gasteiger partial charge in [-0.1, -0.05) is 24.3 Å². The Morgan fingerprint density at radius 2 is 2.07 bits per heavy atom. The third kappa shape index (κ3) is 4.88. The minimum absolute atomic E-state index is 0.0188. The van der Waals surface area contributed by atoms with E-state index in [1.54, 1.807) is 29.2 Å². The van der Waals surface area contributed by atoms with E-state index in [-0.39, 0.29) is 18.4 Å². The number of benzene rings is 2. The van der Waals surface area contributed by atoms with E-state index in [2.05, 4.69) is 11.9 Å². The van der Waals surface area contributed by atoms with Gasteiger partial charge in [-0.2, -0.15) is 0 Å². The summed E-state index contributed by atoms with van der Waals surface area (Å²) in [6, 6.07) is 14.8. The third-order valence-electron chi connectivity index (χ3n) is 4.06. The lowest BCUT2D eigenvalue weighted by molar-refractivity contribution is -0.121. The average Bonchev–Trinajstić information content (AvgIpc) is 2.68. The van der Waals surface area contributed by atoms with Crippen LogP contribution in [0.3, 0.4) is 0 Å². The number of fused-ring (bicyclic) bond motifs is 1. The smallest absolute Gasteiger partial charge is 0.265 e. The Morgan fingerprint density at radius 3 is 2.85 bits per heavy atom. The Balaban J connectivity index is 1.51. The van der Waals surface area contributed by atoms with Crippen LogP contribution in [-0.4, -0.2) is 31.6 Å². The Bertz CT molecular complexity index is 820. The molecule has 0 spiro atoms. The number of nitrogens with zero attached hydrogens (tertiary/aromatic N) is 1. The predicted molar refractivity (Wildman–Crippen MR) is 104 cm³/mol. The molecule has 2 aromatic carbocycles. The first kappa shape index (κ1) is 18.5. The van der Waals surface area contributed by atoms with Crippen molar-refractivity contribution in [1.82, 2.24) is 0 Å². The van der Waals surface area contributed by atoms with Crippen LogP contribution in [-0.2, 0) is 9.59 Å². The monoisotopic (exact) mass is 366 g/mol. The molecule has 1 heterocycles. The van der Waals surface area contributed by atoms with Gasteiger partial charge in [0.2, 0.25) is 5.91 Å².